The van der Waals surface area contributed by atoms with Crippen molar-refractivity contribution in [1.29, 1.82) is 0 Å². The Labute approximate surface area is 173 Å². The van der Waals surface area contributed by atoms with Gasteiger partial charge in [0.05, 0.1) is 5.56 Å². The molecule has 154 valence electrons. The number of hydrogen-bond donors (Lipinski definition) is 0. The van der Waals surface area contributed by atoms with Crippen molar-refractivity contribution in [3.05, 3.63) is 70.7 Å². The van der Waals surface area contributed by atoms with Crippen molar-refractivity contribution >= 4 is 5.91 Å². The lowest BCUT2D eigenvalue weighted by atomic mass is 9.79. The Morgan fingerprint density at radius 2 is 1.79 bits per heavy atom. The summed E-state index contributed by atoms with van der Waals surface area (Å²) in [6.07, 6.45) is 6.23. The minimum atomic E-state index is 0.0453. The Hall–Kier alpha value is -2.40. The molecule has 0 aliphatic carbocycles. The van der Waals surface area contributed by atoms with Gasteiger partial charge in [-0.25, -0.2) is 0 Å². The first kappa shape index (κ1) is 19.9. The molecule has 0 N–H and O–H groups in total. The predicted molar refractivity (Wildman–Crippen MR) is 113 cm³/mol. The largest absolute Gasteiger partial charge is 0.619 e. The maximum absolute atomic E-state index is 12.8. The lowest BCUT2D eigenvalue weighted by molar-refractivity contribution is -0.605. The quantitative estimate of drug-likeness (QED) is 0.589. The van der Waals surface area contributed by atoms with E-state index in [1.807, 2.05) is 4.90 Å². The van der Waals surface area contributed by atoms with Crippen LogP contribution in [0.5, 0.6) is 0 Å². The zero-order valence-corrected chi connectivity index (χ0v) is 17.5. The van der Waals surface area contributed by atoms with Crippen LogP contribution in [0.2, 0.25) is 0 Å². The van der Waals surface area contributed by atoms with Gasteiger partial charge in [0, 0.05) is 43.7 Å². The SMILES string of the molecule is CC(C)c1ccc(CN2CCC[C@]3(CCN(C(=O)c4cc[n+]([O-])cc4)C3)C2)cc1. The molecule has 2 aromatic rings. The zero-order valence-electron chi connectivity index (χ0n) is 17.5. The van der Waals surface area contributed by atoms with Gasteiger partial charge in [-0.2, -0.15) is 4.73 Å². The van der Waals surface area contributed by atoms with Gasteiger partial charge >= 0.3 is 0 Å². The summed E-state index contributed by atoms with van der Waals surface area (Å²) in [6, 6.07) is 12.3. The van der Waals surface area contributed by atoms with Crippen molar-refractivity contribution in [1.82, 2.24) is 9.80 Å². The second kappa shape index (κ2) is 8.15. The first-order valence-electron chi connectivity index (χ1n) is 10.7. The lowest BCUT2D eigenvalue weighted by Gasteiger charge is -2.40. The van der Waals surface area contributed by atoms with E-state index in [2.05, 4.69) is 43.0 Å². The number of hydrogen-bond acceptors (Lipinski definition) is 3. The first-order valence-corrected chi connectivity index (χ1v) is 10.7. The van der Waals surface area contributed by atoms with Gasteiger partial charge in [0.25, 0.3) is 5.91 Å². The van der Waals surface area contributed by atoms with Crippen molar-refractivity contribution in [3.8, 4) is 0 Å². The molecular formula is C24H31N3O2. The second-order valence-electron chi connectivity index (χ2n) is 9.13. The molecule has 2 fully saturated rings. The molecule has 5 nitrogen and oxygen atoms in total. The number of pyridine rings is 1. The van der Waals surface area contributed by atoms with Crippen molar-refractivity contribution < 1.29 is 9.52 Å². The molecule has 2 aliphatic rings. The minimum absolute atomic E-state index is 0.0453. The number of carbonyl (C=O) groups excluding carboxylic acids is 1. The summed E-state index contributed by atoms with van der Waals surface area (Å²) < 4.78 is 0.717. The summed E-state index contributed by atoms with van der Waals surface area (Å²) in [5.41, 5.74) is 3.57. The number of piperidine rings is 1. The molecule has 0 saturated carbocycles. The highest BCUT2D eigenvalue weighted by Crippen LogP contribution is 2.39. The number of carbonyl (C=O) groups is 1. The number of likely N-dealkylation sites (tertiary alicyclic amines) is 2. The van der Waals surface area contributed by atoms with E-state index >= 15 is 0 Å². The third-order valence-corrected chi connectivity index (χ3v) is 6.57. The number of benzene rings is 1. The van der Waals surface area contributed by atoms with Crippen LogP contribution in [-0.4, -0.2) is 41.9 Å². The van der Waals surface area contributed by atoms with Crippen LogP contribution in [0.3, 0.4) is 0 Å². The van der Waals surface area contributed by atoms with Gasteiger partial charge in [0.2, 0.25) is 0 Å². The third kappa shape index (κ3) is 4.45. The first-order chi connectivity index (χ1) is 13.9. The standard InChI is InChI=1S/C24H31N3O2/c1-19(2)21-6-4-20(5-7-21)16-25-12-3-10-24(17-25)11-15-26(18-24)23(28)22-8-13-27(29)14-9-22/h4-9,13-14,19H,3,10-12,15-18H2,1-2H3/t24-/m0/s1. The number of rotatable bonds is 4. The van der Waals surface area contributed by atoms with Crippen molar-refractivity contribution in [2.45, 2.75) is 45.6 Å². The molecule has 4 rings (SSSR count). The van der Waals surface area contributed by atoms with Gasteiger partial charge in [-0.3, -0.25) is 9.69 Å². The van der Waals surface area contributed by atoms with Crippen molar-refractivity contribution in [3.63, 3.8) is 0 Å². The van der Waals surface area contributed by atoms with E-state index in [9.17, 15) is 10.0 Å². The zero-order chi connectivity index (χ0) is 20.4. The second-order valence-corrected chi connectivity index (χ2v) is 9.13. The molecule has 1 amide bonds. The van der Waals surface area contributed by atoms with Crippen molar-refractivity contribution in [2.75, 3.05) is 26.2 Å². The van der Waals surface area contributed by atoms with E-state index in [4.69, 9.17) is 0 Å². The van der Waals surface area contributed by atoms with E-state index in [-0.39, 0.29) is 11.3 Å². The Balaban J connectivity index is 1.39. The average Bonchev–Trinajstić information content (AvgIpc) is 3.11. The number of nitrogens with zero attached hydrogens (tertiary/aromatic N) is 3. The molecule has 0 bridgehead atoms. The Bertz CT molecular complexity index is 847. The summed E-state index contributed by atoms with van der Waals surface area (Å²) in [7, 11) is 0. The van der Waals surface area contributed by atoms with Crippen LogP contribution in [0.25, 0.3) is 0 Å². The van der Waals surface area contributed by atoms with Gasteiger partial charge in [0.1, 0.15) is 0 Å². The summed E-state index contributed by atoms with van der Waals surface area (Å²) in [5, 5.41) is 11.2. The van der Waals surface area contributed by atoms with Gasteiger partial charge in [0.15, 0.2) is 12.4 Å². The number of aromatic nitrogens is 1. The molecule has 1 spiro atoms. The fraction of sp³-hybridized carbons (Fsp3) is 0.500. The van der Waals surface area contributed by atoms with E-state index in [1.165, 1.54) is 36.4 Å². The van der Waals surface area contributed by atoms with Crippen LogP contribution in [0.4, 0.5) is 0 Å². The smallest absolute Gasteiger partial charge is 0.254 e. The fourth-order valence-corrected chi connectivity index (χ4v) is 4.89. The van der Waals surface area contributed by atoms with Gasteiger partial charge < -0.3 is 10.1 Å². The summed E-state index contributed by atoms with van der Waals surface area (Å²) >= 11 is 0. The van der Waals surface area contributed by atoms with Crippen LogP contribution in [0.1, 0.15) is 60.5 Å². The third-order valence-electron chi connectivity index (χ3n) is 6.57. The Kier molecular flexibility index (Phi) is 5.59. The summed E-state index contributed by atoms with van der Waals surface area (Å²) in [5.74, 6) is 0.608. The summed E-state index contributed by atoms with van der Waals surface area (Å²) in [6.45, 7) is 9.25. The molecule has 5 heteroatoms. The maximum Gasteiger partial charge on any atom is 0.254 e. The highest BCUT2D eigenvalue weighted by Gasteiger charge is 2.42. The minimum Gasteiger partial charge on any atom is -0.619 e. The van der Waals surface area contributed by atoms with Crippen LogP contribution in [-0.2, 0) is 6.54 Å². The van der Waals surface area contributed by atoms with E-state index in [0.717, 1.165) is 43.9 Å². The molecule has 0 radical (unpaired) electrons. The lowest BCUT2D eigenvalue weighted by Crippen LogP contribution is -2.45. The van der Waals surface area contributed by atoms with Crippen LogP contribution in [0, 0.1) is 10.6 Å². The topological polar surface area (TPSA) is 50.5 Å². The molecule has 0 unspecified atom stereocenters. The van der Waals surface area contributed by atoms with Crippen molar-refractivity contribution in [2.24, 2.45) is 5.41 Å². The summed E-state index contributed by atoms with van der Waals surface area (Å²) in [4.78, 5) is 17.4. The average molecular weight is 394 g/mol. The van der Waals surface area contributed by atoms with E-state index < -0.39 is 0 Å². The molecular weight excluding hydrogens is 362 g/mol. The maximum atomic E-state index is 12.8. The normalized spacial score (nSPS) is 22.5. The molecule has 1 atom stereocenters. The Morgan fingerprint density at radius 3 is 2.48 bits per heavy atom. The monoisotopic (exact) mass is 393 g/mol. The van der Waals surface area contributed by atoms with Gasteiger partial charge in [-0.05, 0) is 42.9 Å². The molecule has 2 saturated heterocycles. The van der Waals surface area contributed by atoms with E-state index in [1.54, 1.807) is 12.1 Å². The highest BCUT2D eigenvalue weighted by molar-refractivity contribution is 5.94. The molecule has 1 aromatic carbocycles. The van der Waals surface area contributed by atoms with Gasteiger partial charge in [-0.15, -0.1) is 0 Å². The molecule has 1 aromatic heterocycles. The number of amides is 1. The molecule has 29 heavy (non-hydrogen) atoms. The predicted octanol–water partition coefficient (Wildman–Crippen LogP) is 3.57. The van der Waals surface area contributed by atoms with E-state index in [0.29, 0.717) is 11.5 Å². The van der Waals surface area contributed by atoms with Crippen LogP contribution < -0.4 is 4.73 Å². The Morgan fingerprint density at radius 1 is 1.07 bits per heavy atom. The molecule has 2 aliphatic heterocycles. The molecule has 3 heterocycles. The fourth-order valence-electron chi connectivity index (χ4n) is 4.89. The van der Waals surface area contributed by atoms with Crippen LogP contribution in [0.15, 0.2) is 48.8 Å². The van der Waals surface area contributed by atoms with Gasteiger partial charge in [-0.1, -0.05) is 38.1 Å². The van der Waals surface area contributed by atoms with Crippen LogP contribution >= 0.6 is 0 Å². The highest BCUT2D eigenvalue weighted by atomic mass is 16.5.